The number of benzene rings is 2. The lowest BCUT2D eigenvalue weighted by Crippen LogP contribution is -2.31. The number of halogens is 1. The van der Waals surface area contributed by atoms with Crippen molar-refractivity contribution in [1.29, 1.82) is 0 Å². The Morgan fingerprint density at radius 1 is 1.32 bits per heavy atom. The molecule has 0 aliphatic carbocycles. The molecule has 1 fully saturated rings. The number of ether oxygens (including phenoxy) is 3. The van der Waals surface area contributed by atoms with Gasteiger partial charge in [-0.05, 0) is 24.1 Å². The van der Waals surface area contributed by atoms with Gasteiger partial charge >= 0.3 is 5.97 Å². The quantitative estimate of drug-likeness (QED) is 0.444. The molecule has 0 spiro atoms. The fourth-order valence-corrected chi connectivity index (χ4v) is 3.46. The average Bonchev–Trinajstić information content (AvgIpc) is 3.06. The Morgan fingerprint density at radius 2 is 2.11 bits per heavy atom. The van der Waals surface area contributed by atoms with E-state index in [-0.39, 0.29) is 12.0 Å². The summed E-state index contributed by atoms with van der Waals surface area (Å²) < 4.78 is 18.5. The largest absolute Gasteiger partial charge is 0.487 e. The number of nitrogens with zero attached hydrogens (tertiary/aromatic N) is 2. The van der Waals surface area contributed by atoms with Crippen molar-refractivity contribution in [3.8, 4) is 5.75 Å². The van der Waals surface area contributed by atoms with Gasteiger partial charge in [-0.3, -0.25) is 0 Å². The number of methoxy groups -OCH3 is 1. The average molecular weight is 401 g/mol. The molecule has 0 N–H and O–H groups in total. The van der Waals surface area contributed by atoms with Gasteiger partial charge in [-0.25, -0.2) is 9.78 Å². The van der Waals surface area contributed by atoms with Crippen molar-refractivity contribution >= 4 is 28.6 Å². The number of alkyl halides is 1. The standard InChI is InChI=1S/C21H21ClN2O4/c1-26-21(25)15-9-17-20(18(10-15)28-13-14-5-3-2-4-6-14)23-19(11-22)24(17)12-16-7-8-27-16/h2-6,9-10,16H,7-8,11-13H2,1H3. The minimum absolute atomic E-state index is 0.134. The second-order valence-corrected chi connectivity index (χ2v) is 6.93. The molecule has 28 heavy (non-hydrogen) atoms. The van der Waals surface area contributed by atoms with Gasteiger partial charge in [-0.1, -0.05) is 30.3 Å². The Hall–Kier alpha value is -2.57. The molecule has 2 aromatic carbocycles. The molecule has 1 aliphatic rings. The summed E-state index contributed by atoms with van der Waals surface area (Å²) in [6, 6.07) is 13.3. The van der Waals surface area contributed by atoms with Crippen LogP contribution in [0.15, 0.2) is 42.5 Å². The molecule has 2 heterocycles. The highest BCUT2D eigenvalue weighted by Crippen LogP contribution is 2.31. The maximum atomic E-state index is 12.2. The molecule has 0 saturated carbocycles. The first-order valence-electron chi connectivity index (χ1n) is 9.15. The molecule has 7 heteroatoms. The van der Waals surface area contributed by atoms with Crippen LogP contribution in [0.3, 0.4) is 0 Å². The third-order valence-corrected chi connectivity index (χ3v) is 5.09. The number of esters is 1. The van der Waals surface area contributed by atoms with Crippen molar-refractivity contribution < 1.29 is 19.0 Å². The molecule has 1 aromatic heterocycles. The van der Waals surface area contributed by atoms with E-state index in [0.29, 0.717) is 30.0 Å². The zero-order valence-corrected chi connectivity index (χ0v) is 16.3. The van der Waals surface area contributed by atoms with E-state index in [1.165, 1.54) is 7.11 Å². The lowest BCUT2D eigenvalue weighted by atomic mass is 10.1. The van der Waals surface area contributed by atoms with E-state index >= 15 is 0 Å². The minimum Gasteiger partial charge on any atom is -0.487 e. The molecule has 6 nitrogen and oxygen atoms in total. The summed E-state index contributed by atoms with van der Waals surface area (Å²) >= 11 is 6.15. The number of carbonyl (C=O) groups excluding carboxylic acids is 1. The van der Waals surface area contributed by atoms with Crippen LogP contribution in [0, 0.1) is 0 Å². The molecule has 0 amide bonds. The van der Waals surface area contributed by atoms with Crippen LogP contribution in [0.1, 0.15) is 28.2 Å². The highest BCUT2D eigenvalue weighted by Gasteiger charge is 2.24. The monoisotopic (exact) mass is 400 g/mol. The molecule has 1 saturated heterocycles. The topological polar surface area (TPSA) is 62.6 Å². The van der Waals surface area contributed by atoms with Gasteiger partial charge in [0.2, 0.25) is 0 Å². The molecule has 1 unspecified atom stereocenters. The third-order valence-electron chi connectivity index (χ3n) is 4.86. The number of fused-ring (bicyclic) bond motifs is 1. The molecular weight excluding hydrogens is 380 g/mol. The maximum Gasteiger partial charge on any atom is 0.338 e. The van der Waals surface area contributed by atoms with Crippen LogP contribution in [0.2, 0.25) is 0 Å². The van der Waals surface area contributed by atoms with E-state index in [0.717, 1.165) is 29.9 Å². The van der Waals surface area contributed by atoms with Crippen molar-refractivity contribution in [1.82, 2.24) is 9.55 Å². The fourth-order valence-electron chi connectivity index (χ4n) is 3.26. The molecule has 146 valence electrons. The second-order valence-electron chi connectivity index (χ2n) is 6.66. The third kappa shape index (κ3) is 3.70. The first-order chi connectivity index (χ1) is 13.7. The number of aromatic nitrogens is 2. The van der Waals surface area contributed by atoms with Crippen LogP contribution >= 0.6 is 11.6 Å². The highest BCUT2D eigenvalue weighted by molar-refractivity contribution is 6.17. The molecule has 1 aliphatic heterocycles. The van der Waals surface area contributed by atoms with Gasteiger partial charge < -0.3 is 18.8 Å². The van der Waals surface area contributed by atoms with E-state index in [1.54, 1.807) is 12.1 Å². The van der Waals surface area contributed by atoms with Gasteiger partial charge in [-0.15, -0.1) is 11.6 Å². The first-order valence-corrected chi connectivity index (χ1v) is 9.69. The molecule has 3 aromatic rings. The van der Waals surface area contributed by atoms with Crippen LogP contribution < -0.4 is 4.74 Å². The Labute approximate surface area is 168 Å². The minimum atomic E-state index is -0.425. The van der Waals surface area contributed by atoms with Crippen LogP contribution in [-0.4, -0.2) is 35.3 Å². The van der Waals surface area contributed by atoms with Gasteiger partial charge in [0.05, 0.1) is 36.7 Å². The highest BCUT2D eigenvalue weighted by atomic mass is 35.5. The summed E-state index contributed by atoms with van der Waals surface area (Å²) in [6.07, 6.45) is 1.13. The SMILES string of the molecule is COC(=O)c1cc(OCc2ccccc2)c2nc(CCl)n(CC3CCO3)c2c1. The normalized spacial score (nSPS) is 16.0. The van der Waals surface area contributed by atoms with E-state index in [4.69, 9.17) is 25.8 Å². The maximum absolute atomic E-state index is 12.2. The summed E-state index contributed by atoms with van der Waals surface area (Å²) in [7, 11) is 1.36. The fraction of sp³-hybridized carbons (Fsp3) is 0.333. The summed E-state index contributed by atoms with van der Waals surface area (Å²) in [5, 5.41) is 0. The number of hydrogen-bond donors (Lipinski definition) is 0. The molecule has 4 rings (SSSR count). The predicted molar refractivity (Wildman–Crippen MR) is 106 cm³/mol. The smallest absolute Gasteiger partial charge is 0.338 e. The number of carbonyl (C=O) groups is 1. The Balaban J connectivity index is 1.76. The summed E-state index contributed by atoms with van der Waals surface area (Å²) in [5.41, 5.74) is 2.91. The number of hydrogen-bond acceptors (Lipinski definition) is 5. The van der Waals surface area contributed by atoms with Crippen molar-refractivity contribution in [3.63, 3.8) is 0 Å². The summed E-state index contributed by atoms with van der Waals surface area (Å²) in [5.74, 6) is 1.08. The van der Waals surface area contributed by atoms with E-state index < -0.39 is 5.97 Å². The Morgan fingerprint density at radius 3 is 2.75 bits per heavy atom. The molecule has 0 radical (unpaired) electrons. The second kappa shape index (κ2) is 8.20. The van der Waals surface area contributed by atoms with Gasteiger partial charge in [-0.2, -0.15) is 0 Å². The van der Waals surface area contributed by atoms with E-state index in [2.05, 4.69) is 4.98 Å². The van der Waals surface area contributed by atoms with Crippen LogP contribution in [-0.2, 0) is 28.5 Å². The summed E-state index contributed by atoms with van der Waals surface area (Å²) in [4.78, 5) is 16.9. The first kappa shape index (κ1) is 18.8. The molecular formula is C21H21ClN2O4. The van der Waals surface area contributed by atoms with Crippen molar-refractivity contribution in [2.45, 2.75) is 31.6 Å². The van der Waals surface area contributed by atoms with Gasteiger partial charge in [0, 0.05) is 6.61 Å². The van der Waals surface area contributed by atoms with Crippen molar-refractivity contribution in [2.75, 3.05) is 13.7 Å². The van der Waals surface area contributed by atoms with Gasteiger partial charge in [0.25, 0.3) is 0 Å². The van der Waals surface area contributed by atoms with Crippen LogP contribution in [0.4, 0.5) is 0 Å². The van der Waals surface area contributed by atoms with Crippen molar-refractivity contribution in [2.24, 2.45) is 0 Å². The lowest BCUT2D eigenvalue weighted by molar-refractivity contribution is -0.0589. The number of rotatable bonds is 7. The van der Waals surface area contributed by atoms with Crippen LogP contribution in [0.5, 0.6) is 5.75 Å². The van der Waals surface area contributed by atoms with Gasteiger partial charge in [0.1, 0.15) is 23.7 Å². The molecule has 1 atom stereocenters. The van der Waals surface area contributed by atoms with E-state index in [9.17, 15) is 4.79 Å². The zero-order valence-electron chi connectivity index (χ0n) is 15.6. The van der Waals surface area contributed by atoms with Crippen LogP contribution in [0.25, 0.3) is 11.0 Å². The number of imidazole rings is 1. The van der Waals surface area contributed by atoms with E-state index in [1.807, 2.05) is 34.9 Å². The molecule has 0 bridgehead atoms. The summed E-state index contributed by atoms with van der Waals surface area (Å²) in [6.45, 7) is 1.78. The lowest BCUT2D eigenvalue weighted by Gasteiger charge is -2.27. The zero-order chi connectivity index (χ0) is 19.5. The van der Waals surface area contributed by atoms with Gasteiger partial charge in [0.15, 0.2) is 0 Å². The van der Waals surface area contributed by atoms with Crippen molar-refractivity contribution in [3.05, 3.63) is 59.4 Å². The predicted octanol–water partition coefficient (Wildman–Crippen LogP) is 3.93. The Bertz CT molecular complexity index is 983. The Kier molecular flexibility index (Phi) is 5.50.